The van der Waals surface area contributed by atoms with E-state index in [1.54, 1.807) is 26.8 Å². The second-order valence-corrected chi connectivity index (χ2v) is 4.98. The van der Waals surface area contributed by atoms with Crippen LogP contribution in [0.3, 0.4) is 0 Å². The maximum Gasteiger partial charge on any atom is 0.420 e. The van der Waals surface area contributed by atoms with Crippen molar-refractivity contribution in [3.8, 4) is 0 Å². The molecule has 0 saturated heterocycles. The zero-order chi connectivity index (χ0) is 12.6. The first-order valence-corrected chi connectivity index (χ1v) is 5.46. The Morgan fingerprint density at radius 3 is 2.76 bits per heavy atom. The van der Waals surface area contributed by atoms with E-state index in [9.17, 15) is 4.79 Å². The number of fused-ring (bicyclic) bond motifs is 1. The normalized spacial score (nSPS) is 11.8. The van der Waals surface area contributed by atoms with Gasteiger partial charge in [-0.05, 0) is 20.8 Å². The van der Waals surface area contributed by atoms with E-state index in [4.69, 9.17) is 16.3 Å². The van der Waals surface area contributed by atoms with Crippen molar-refractivity contribution in [3.63, 3.8) is 0 Å². The summed E-state index contributed by atoms with van der Waals surface area (Å²) in [5.74, 6) is 0. The number of carbonyl (C=O) groups excluding carboxylic acids is 1. The lowest BCUT2D eigenvalue weighted by molar-refractivity contribution is 0.0543. The first kappa shape index (κ1) is 11.9. The summed E-state index contributed by atoms with van der Waals surface area (Å²) >= 11 is 5.78. The molecular formula is C11H12ClN3O2. The van der Waals surface area contributed by atoms with Crippen LogP contribution in [0.15, 0.2) is 18.6 Å². The number of rotatable bonds is 0. The van der Waals surface area contributed by atoms with Gasteiger partial charge in [-0.3, -0.25) is 0 Å². The molecule has 0 spiro atoms. The molecule has 0 aliphatic heterocycles. The Labute approximate surface area is 103 Å². The standard InChI is InChI=1S/C11H12ClN3O2/c1-11(2,3)17-10(16)15-6-14-7-5-13-9(12)4-8(7)15/h4-6H,1-3H3. The molecule has 0 N–H and O–H groups in total. The average molecular weight is 254 g/mol. The van der Waals surface area contributed by atoms with Crippen molar-refractivity contribution in [2.45, 2.75) is 26.4 Å². The highest BCUT2D eigenvalue weighted by Gasteiger charge is 2.19. The molecule has 2 heterocycles. The van der Waals surface area contributed by atoms with Gasteiger partial charge in [0.1, 0.15) is 22.6 Å². The van der Waals surface area contributed by atoms with Crippen molar-refractivity contribution in [3.05, 3.63) is 23.7 Å². The quantitative estimate of drug-likeness (QED) is 0.678. The number of halogens is 1. The van der Waals surface area contributed by atoms with Gasteiger partial charge in [0, 0.05) is 6.07 Å². The van der Waals surface area contributed by atoms with Crippen molar-refractivity contribution in [1.82, 2.24) is 14.5 Å². The van der Waals surface area contributed by atoms with Crippen LogP contribution in [0.4, 0.5) is 4.79 Å². The lowest BCUT2D eigenvalue weighted by Crippen LogP contribution is -2.26. The molecule has 2 aromatic heterocycles. The number of aromatic nitrogens is 3. The van der Waals surface area contributed by atoms with E-state index in [0.717, 1.165) is 0 Å². The Bertz CT molecular complexity index is 572. The summed E-state index contributed by atoms with van der Waals surface area (Å²) in [7, 11) is 0. The Kier molecular flexibility index (Phi) is 2.79. The molecule has 6 heteroatoms. The first-order valence-electron chi connectivity index (χ1n) is 5.09. The Hall–Kier alpha value is -1.62. The molecule has 0 aromatic carbocycles. The summed E-state index contributed by atoms with van der Waals surface area (Å²) in [6.45, 7) is 5.41. The van der Waals surface area contributed by atoms with Gasteiger partial charge < -0.3 is 4.74 Å². The maximum absolute atomic E-state index is 11.9. The molecule has 0 amide bonds. The lowest BCUT2D eigenvalue weighted by atomic mass is 10.2. The van der Waals surface area contributed by atoms with Gasteiger partial charge in [0.15, 0.2) is 0 Å². The third-order valence-electron chi connectivity index (χ3n) is 1.99. The highest BCUT2D eigenvalue weighted by molar-refractivity contribution is 6.30. The number of hydrogen-bond donors (Lipinski definition) is 0. The largest absolute Gasteiger partial charge is 0.443 e. The Morgan fingerprint density at radius 1 is 1.41 bits per heavy atom. The molecule has 0 bridgehead atoms. The number of ether oxygens (including phenoxy) is 1. The monoisotopic (exact) mass is 253 g/mol. The van der Waals surface area contributed by atoms with Crippen LogP contribution in [0.1, 0.15) is 20.8 Å². The second-order valence-electron chi connectivity index (χ2n) is 4.59. The fourth-order valence-electron chi connectivity index (χ4n) is 1.34. The number of pyridine rings is 1. The van der Waals surface area contributed by atoms with Crippen molar-refractivity contribution in [1.29, 1.82) is 0 Å². The minimum atomic E-state index is -0.551. The van der Waals surface area contributed by atoms with E-state index in [-0.39, 0.29) is 0 Å². The molecule has 0 atom stereocenters. The predicted molar refractivity (Wildman–Crippen MR) is 64.2 cm³/mol. The van der Waals surface area contributed by atoms with Crippen LogP contribution in [0.25, 0.3) is 11.0 Å². The summed E-state index contributed by atoms with van der Waals surface area (Å²) in [4.78, 5) is 19.8. The minimum Gasteiger partial charge on any atom is -0.443 e. The fourth-order valence-corrected chi connectivity index (χ4v) is 1.50. The minimum absolute atomic E-state index is 0.308. The predicted octanol–water partition coefficient (Wildman–Crippen LogP) is 2.87. The van der Waals surface area contributed by atoms with E-state index in [1.807, 2.05) is 0 Å². The number of hydrogen-bond acceptors (Lipinski definition) is 4. The summed E-state index contributed by atoms with van der Waals surface area (Å²) in [6.07, 6.45) is 2.43. The molecule has 2 aromatic rings. The molecule has 5 nitrogen and oxygen atoms in total. The fraction of sp³-hybridized carbons (Fsp3) is 0.364. The summed E-state index contributed by atoms with van der Waals surface area (Å²) < 4.78 is 6.56. The first-order chi connectivity index (χ1) is 7.87. The molecular weight excluding hydrogens is 242 g/mol. The average Bonchev–Trinajstić information content (AvgIpc) is 2.57. The van der Waals surface area contributed by atoms with Crippen molar-refractivity contribution >= 4 is 28.7 Å². The van der Waals surface area contributed by atoms with Gasteiger partial charge in [-0.15, -0.1) is 0 Å². The van der Waals surface area contributed by atoms with Crippen LogP contribution in [0, 0.1) is 0 Å². The summed E-state index contributed by atoms with van der Waals surface area (Å²) in [6, 6.07) is 1.58. The van der Waals surface area contributed by atoms with E-state index >= 15 is 0 Å². The molecule has 0 radical (unpaired) electrons. The second kappa shape index (κ2) is 4.00. The van der Waals surface area contributed by atoms with E-state index < -0.39 is 11.7 Å². The van der Waals surface area contributed by atoms with Crippen LogP contribution in [-0.2, 0) is 4.74 Å². The summed E-state index contributed by atoms with van der Waals surface area (Å²) in [5.41, 5.74) is 0.629. The van der Waals surface area contributed by atoms with E-state index in [0.29, 0.717) is 16.2 Å². The molecule has 0 unspecified atom stereocenters. The van der Waals surface area contributed by atoms with E-state index in [2.05, 4.69) is 9.97 Å². The topological polar surface area (TPSA) is 57.0 Å². The van der Waals surface area contributed by atoms with Crippen LogP contribution in [0.2, 0.25) is 5.15 Å². The van der Waals surface area contributed by atoms with Crippen molar-refractivity contribution in [2.75, 3.05) is 0 Å². The summed E-state index contributed by atoms with van der Waals surface area (Å²) in [5, 5.41) is 0.308. The number of nitrogens with zero attached hydrogens (tertiary/aromatic N) is 3. The number of carbonyl (C=O) groups is 1. The van der Waals surface area contributed by atoms with Crippen molar-refractivity contribution < 1.29 is 9.53 Å². The SMILES string of the molecule is CC(C)(C)OC(=O)n1cnc2cnc(Cl)cc21. The molecule has 0 aliphatic carbocycles. The Morgan fingerprint density at radius 2 is 2.12 bits per heavy atom. The van der Waals surface area contributed by atoms with Gasteiger partial charge in [-0.25, -0.2) is 19.3 Å². The van der Waals surface area contributed by atoms with Gasteiger partial charge >= 0.3 is 6.09 Å². The van der Waals surface area contributed by atoms with Crippen LogP contribution < -0.4 is 0 Å². The smallest absolute Gasteiger partial charge is 0.420 e. The molecule has 17 heavy (non-hydrogen) atoms. The van der Waals surface area contributed by atoms with Gasteiger partial charge in [0.05, 0.1) is 11.7 Å². The molecule has 0 saturated carbocycles. The molecule has 0 aliphatic rings. The molecule has 90 valence electrons. The van der Waals surface area contributed by atoms with Gasteiger partial charge in [-0.1, -0.05) is 11.6 Å². The number of imidazole rings is 1. The van der Waals surface area contributed by atoms with Gasteiger partial charge in [0.2, 0.25) is 0 Å². The highest BCUT2D eigenvalue weighted by Crippen LogP contribution is 2.17. The third-order valence-corrected chi connectivity index (χ3v) is 2.20. The zero-order valence-corrected chi connectivity index (χ0v) is 10.5. The molecule has 2 rings (SSSR count). The van der Waals surface area contributed by atoms with Crippen molar-refractivity contribution in [2.24, 2.45) is 0 Å². The lowest BCUT2D eigenvalue weighted by Gasteiger charge is -2.19. The highest BCUT2D eigenvalue weighted by atomic mass is 35.5. The molecule has 0 fully saturated rings. The van der Waals surface area contributed by atoms with E-state index in [1.165, 1.54) is 17.1 Å². The Balaban J connectivity index is 2.42. The zero-order valence-electron chi connectivity index (χ0n) is 9.77. The maximum atomic E-state index is 11.9. The van der Waals surface area contributed by atoms with Crippen LogP contribution in [0.5, 0.6) is 0 Å². The van der Waals surface area contributed by atoms with Crippen LogP contribution >= 0.6 is 11.6 Å². The van der Waals surface area contributed by atoms with Gasteiger partial charge in [-0.2, -0.15) is 0 Å². The third kappa shape index (κ3) is 2.55. The van der Waals surface area contributed by atoms with Gasteiger partial charge in [0.25, 0.3) is 0 Å². The van der Waals surface area contributed by atoms with Crippen LogP contribution in [-0.4, -0.2) is 26.2 Å².